The molecule has 0 aliphatic heterocycles. The molecule has 0 amide bonds. The van der Waals surface area contributed by atoms with Crippen molar-refractivity contribution < 1.29 is 4.39 Å². The second kappa shape index (κ2) is 10.9. The molecule has 2 aromatic rings. The zero-order valence-corrected chi connectivity index (χ0v) is 17.3. The molecule has 136 valence electrons. The summed E-state index contributed by atoms with van der Waals surface area (Å²) in [5, 5.41) is 6.49. The fourth-order valence-electron chi connectivity index (χ4n) is 2.20. The maximum absolute atomic E-state index is 12.9. The van der Waals surface area contributed by atoms with Crippen molar-refractivity contribution in [2.75, 3.05) is 25.5 Å². The van der Waals surface area contributed by atoms with E-state index >= 15 is 0 Å². The quantitative estimate of drug-likeness (QED) is 0.395. The van der Waals surface area contributed by atoms with Crippen LogP contribution in [0.5, 0.6) is 0 Å². The van der Waals surface area contributed by atoms with Crippen LogP contribution in [0.4, 0.5) is 10.1 Å². The SMILES string of the molecule is CCNC(=NCc1ccc(N(C)C)cc1)NCc1ccc(F)cc1.I. The summed E-state index contributed by atoms with van der Waals surface area (Å²) in [5.74, 6) is 0.527. The molecule has 0 bridgehead atoms. The third kappa shape index (κ3) is 7.29. The summed E-state index contributed by atoms with van der Waals surface area (Å²) in [6, 6.07) is 14.8. The number of hydrogen-bond donors (Lipinski definition) is 2. The molecule has 0 saturated heterocycles. The lowest BCUT2D eigenvalue weighted by molar-refractivity contribution is 0.626. The van der Waals surface area contributed by atoms with E-state index in [9.17, 15) is 4.39 Å². The van der Waals surface area contributed by atoms with E-state index in [1.807, 2.05) is 21.0 Å². The molecule has 0 aliphatic rings. The first-order chi connectivity index (χ1) is 11.6. The number of nitrogens with one attached hydrogen (secondary N) is 2. The van der Waals surface area contributed by atoms with Crippen molar-refractivity contribution in [1.29, 1.82) is 0 Å². The fraction of sp³-hybridized carbons (Fsp3) is 0.316. The number of benzene rings is 2. The Balaban J connectivity index is 0.00000312. The van der Waals surface area contributed by atoms with Gasteiger partial charge in [0.05, 0.1) is 6.54 Å². The molecule has 2 aromatic carbocycles. The molecule has 2 N–H and O–H groups in total. The van der Waals surface area contributed by atoms with Crippen molar-refractivity contribution >= 4 is 35.6 Å². The van der Waals surface area contributed by atoms with Crippen LogP contribution in [0.15, 0.2) is 53.5 Å². The van der Waals surface area contributed by atoms with Crippen LogP contribution in [-0.2, 0) is 13.1 Å². The van der Waals surface area contributed by atoms with E-state index in [0.717, 1.165) is 23.6 Å². The lowest BCUT2D eigenvalue weighted by Gasteiger charge is -2.13. The fourth-order valence-corrected chi connectivity index (χ4v) is 2.20. The number of guanidine groups is 1. The molecule has 0 spiro atoms. The molecule has 0 atom stereocenters. The van der Waals surface area contributed by atoms with Gasteiger partial charge in [-0.15, -0.1) is 24.0 Å². The average Bonchev–Trinajstić information content (AvgIpc) is 2.59. The Kier molecular flexibility index (Phi) is 9.26. The Bertz CT molecular complexity index is 654. The van der Waals surface area contributed by atoms with Crippen LogP contribution in [0, 0.1) is 5.82 Å². The molecular formula is C19H26FIN4. The van der Waals surface area contributed by atoms with Crippen molar-refractivity contribution in [1.82, 2.24) is 10.6 Å². The Morgan fingerprint density at radius 3 is 2.12 bits per heavy atom. The van der Waals surface area contributed by atoms with E-state index in [1.54, 1.807) is 12.1 Å². The predicted molar refractivity (Wildman–Crippen MR) is 114 cm³/mol. The van der Waals surface area contributed by atoms with Crippen LogP contribution < -0.4 is 15.5 Å². The van der Waals surface area contributed by atoms with Gasteiger partial charge in [0.25, 0.3) is 0 Å². The van der Waals surface area contributed by atoms with E-state index < -0.39 is 0 Å². The standard InChI is InChI=1S/C19H25FN4.HI/c1-4-21-19(22-13-15-5-9-17(20)10-6-15)23-14-16-7-11-18(12-8-16)24(2)3;/h5-12H,4,13-14H2,1-3H3,(H2,21,22,23);1H. The zero-order valence-electron chi connectivity index (χ0n) is 14.9. The smallest absolute Gasteiger partial charge is 0.191 e. The summed E-state index contributed by atoms with van der Waals surface area (Å²) in [4.78, 5) is 6.67. The van der Waals surface area contributed by atoms with Gasteiger partial charge in [-0.3, -0.25) is 0 Å². The van der Waals surface area contributed by atoms with E-state index in [4.69, 9.17) is 0 Å². The lowest BCUT2D eigenvalue weighted by atomic mass is 10.2. The lowest BCUT2D eigenvalue weighted by Crippen LogP contribution is -2.36. The summed E-state index contributed by atoms with van der Waals surface area (Å²) in [7, 11) is 4.05. The Hall–Kier alpha value is -1.83. The number of aliphatic imine (C=N–C) groups is 1. The minimum atomic E-state index is -0.222. The first-order valence-corrected chi connectivity index (χ1v) is 8.11. The third-order valence-electron chi connectivity index (χ3n) is 3.59. The molecule has 0 unspecified atom stereocenters. The largest absolute Gasteiger partial charge is 0.378 e. The van der Waals surface area contributed by atoms with Crippen LogP contribution in [0.2, 0.25) is 0 Å². The number of hydrogen-bond acceptors (Lipinski definition) is 2. The Morgan fingerprint density at radius 1 is 0.960 bits per heavy atom. The van der Waals surface area contributed by atoms with Gasteiger partial charge in [-0.1, -0.05) is 24.3 Å². The predicted octanol–water partition coefficient (Wildman–Crippen LogP) is 3.77. The van der Waals surface area contributed by atoms with E-state index in [-0.39, 0.29) is 29.8 Å². The molecule has 25 heavy (non-hydrogen) atoms. The molecule has 2 rings (SSSR count). The number of anilines is 1. The topological polar surface area (TPSA) is 39.7 Å². The highest BCUT2D eigenvalue weighted by atomic mass is 127. The zero-order chi connectivity index (χ0) is 17.4. The maximum Gasteiger partial charge on any atom is 0.191 e. The maximum atomic E-state index is 12.9. The summed E-state index contributed by atoms with van der Waals surface area (Å²) in [6.45, 7) is 4.02. The normalized spacial score (nSPS) is 10.8. The number of halogens is 2. The molecule has 0 aromatic heterocycles. The van der Waals surface area contributed by atoms with Crippen LogP contribution in [-0.4, -0.2) is 26.6 Å². The van der Waals surface area contributed by atoms with Crippen molar-refractivity contribution in [3.63, 3.8) is 0 Å². The van der Waals surface area contributed by atoms with Gasteiger partial charge in [-0.05, 0) is 42.3 Å². The van der Waals surface area contributed by atoms with Crippen LogP contribution in [0.25, 0.3) is 0 Å². The van der Waals surface area contributed by atoms with E-state index in [1.165, 1.54) is 17.8 Å². The van der Waals surface area contributed by atoms with Crippen LogP contribution in [0.3, 0.4) is 0 Å². The summed E-state index contributed by atoms with van der Waals surface area (Å²) >= 11 is 0. The highest BCUT2D eigenvalue weighted by molar-refractivity contribution is 14.0. The van der Waals surface area contributed by atoms with Gasteiger partial charge < -0.3 is 15.5 Å². The highest BCUT2D eigenvalue weighted by Crippen LogP contribution is 2.12. The second-order valence-electron chi connectivity index (χ2n) is 5.74. The monoisotopic (exact) mass is 456 g/mol. The molecule has 0 radical (unpaired) electrons. The third-order valence-corrected chi connectivity index (χ3v) is 3.59. The Labute approximate surface area is 166 Å². The number of rotatable bonds is 6. The minimum Gasteiger partial charge on any atom is -0.378 e. The van der Waals surface area contributed by atoms with Crippen molar-refractivity contribution in [3.8, 4) is 0 Å². The summed E-state index contributed by atoms with van der Waals surface area (Å²) in [6.07, 6.45) is 0. The molecule has 0 fully saturated rings. The summed E-state index contributed by atoms with van der Waals surface area (Å²) < 4.78 is 12.9. The number of nitrogens with zero attached hydrogens (tertiary/aromatic N) is 2. The van der Waals surface area contributed by atoms with Crippen molar-refractivity contribution in [2.24, 2.45) is 4.99 Å². The van der Waals surface area contributed by atoms with Crippen LogP contribution >= 0.6 is 24.0 Å². The first-order valence-electron chi connectivity index (χ1n) is 8.11. The minimum absolute atomic E-state index is 0. The Morgan fingerprint density at radius 2 is 1.56 bits per heavy atom. The van der Waals surface area contributed by atoms with Gasteiger partial charge >= 0.3 is 0 Å². The van der Waals surface area contributed by atoms with E-state index in [2.05, 4.69) is 44.8 Å². The molecule has 4 nitrogen and oxygen atoms in total. The molecule has 0 aliphatic carbocycles. The van der Waals surface area contributed by atoms with Gasteiger partial charge in [0.15, 0.2) is 5.96 Å². The van der Waals surface area contributed by atoms with Gasteiger partial charge in [0, 0.05) is 32.9 Å². The van der Waals surface area contributed by atoms with Gasteiger partial charge in [0.2, 0.25) is 0 Å². The molecule has 0 saturated carbocycles. The van der Waals surface area contributed by atoms with Gasteiger partial charge in [-0.25, -0.2) is 9.38 Å². The van der Waals surface area contributed by atoms with Crippen molar-refractivity contribution in [3.05, 3.63) is 65.5 Å². The van der Waals surface area contributed by atoms with E-state index in [0.29, 0.717) is 13.1 Å². The van der Waals surface area contributed by atoms with Gasteiger partial charge in [0.1, 0.15) is 5.82 Å². The second-order valence-corrected chi connectivity index (χ2v) is 5.74. The average molecular weight is 456 g/mol. The first kappa shape index (κ1) is 21.2. The molecule has 0 heterocycles. The van der Waals surface area contributed by atoms with Crippen LogP contribution in [0.1, 0.15) is 18.1 Å². The van der Waals surface area contributed by atoms with Crippen molar-refractivity contribution in [2.45, 2.75) is 20.0 Å². The van der Waals surface area contributed by atoms with Gasteiger partial charge in [-0.2, -0.15) is 0 Å². The summed E-state index contributed by atoms with van der Waals surface area (Å²) in [5.41, 5.74) is 3.33. The molecular weight excluding hydrogens is 430 g/mol. The molecule has 6 heteroatoms. The highest BCUT2D eigenvalue weighted by Gasteiger charge is 2.00.